The summed E-state index contributed by atoms with van der Waals surface area (Å²) in [5.74, 6) is 2.37. The summed E-state index contributed by atoms with van der Waals surface area (Å²) in [6, 6.07) is 7.21. The maximum atomic E-state index is 12.9. The van der Waals surface area contributed by atoms with Gasteiger partial charge in [-0.3, -0.25) is 4.79 Å². The molecule has 2 aliphatic rings. The number of rotatable bonds is 13. The Labute approximate surface area is 217 Å². The predicted octanol–water partition coefficient (Wildman–Crippen LogP) is 6.88. The third-order valence-electron chi connectivity index (χ3n) is 8.23. The van der Waals surface area contributed by atoms with Crippen LogP contribution in [0.1, 0.15) is 99.9 Å². The molecule has 0 heterocycles. The third kappa shape index (κ3) is 8.90. The van der Waals surface area contributed by atoms with E-state index in [0.29, 0.717) is 30.6 Å². The summed E-state index contributed by atoms with van der Waals surface area (Å²) in [7, 11) is 0. The number of carbonyl (C=O) groups is 3. The molecule has 0 amide bonds. The highest BCUT2D eigenvalue weighted by atomic mass is 16.5. The number of benzene rings is 1. The molecule has 2 fully saturated rings. The maximum absolute atomic E-state index is 12.9. The van der Waals surface area contributed by atoms with E-state index in [1.165, 1.54) is 51.4 Å². The molecule has 0 aromatic heterocycles. The van der Waals surface area contributed by atoms with Gasteiger partial charge in [0.15, 0.2) is 0 Å². The second kappa shape index (κ2) is 15.0. The first kappa shape index (κ1) is 28.1. The SMILES string of the molecule is C=CC(=O)OCCCCOC(=O)c1ccc(CC(=O)C2CCC(C3CCC(CCC)CC3)CC2)cc1. The molecule has 2 saturated carbocycles. The first-order chi connectivity index (χ1) is 17.5. The van der Waals surface area contributed by atoms with Gasteiger partial charge in [0.2, 0.25) is 0 Å². The van der Waals surface area contributed by atoms with E-state index in [-0.39, 0.29) is 25.1 Å². The zero-order valence-corrected chi connectivity index (χ0v) is 22.1. The molecular formula is C31H44O5. The minimum atomic E-state index is -0.446. The monoisotopic (exact) mass is 496 g/mol. The number of Topliss-reactive ketones (excluding diaryl/α,β-unsaturated/α-hetero) is 1. The predicted molar refractivity (Wildman–Crippen MR) is 142 cm³/mol. The van der Waals surface area contributed by atoms with E-state index >= 15 is 0 Å². The van der Waals surface area contributed by atoms with Crippen LogP contribution >= 0.6 is 0 Å². The van der Waals surface area contributed by atoms with Gasteiger partial charge in [0.25, 0.3) is 0 Å². The average Bonchev–Trinajstić information content (AvgIpc) is 2.91. The molecule has 36 heavy (non-hydrogen) atoms. The number of ether oxygens (including phenoxy) is 2. The van der Waals surface area contributed by atoms with E-state index in [4.69, 9.17) is 9.47 Å². The van der Waals surface area contributed by atoms with E-state index in [9.17, 15) is 14.4 Å². The smallest absolute Gasteiger partial charge is 0.338 e. The van der Waals surface area contributed by atoms with Crippen molar-refractivity contribution in [1.29, 1.82) is 0 Å². The Balaban J connectivity index is 1.33. The van der Waals surface area contributed by atoms with Crippen LogP contribution in [0.3, 0.4) is 0 Å². The maximum Gasteiger partial charge on any atom is 0.338 e. The van der Waals surface area contributed by atoms with Gasteiger partial charge in [-0.15, -0.1) is 0 Å². The number of esters is 2. The zero-order chi connectivity index (χ0) is 25.8. The summed E-state index contributed by atoms with van der Waals surface area (Å²) in [5, 5.41) is 0. The van der Waals surface area contributed by atoms with Crippen LogP contribution in [0.15, 0.2) is 36.9 Å². The van der Waals surface area contributed by atoms with E-state index in [1.807, 2.05) is 12.1 Å². The van der Waals surface area contributed by atoms with Gasteiger partial charge in [-0.05, 0) is 86.8 Å². The van der Waals surface area contributed by atoms with Crippen LogP contribution in [0, 0.1) is 23.7 Å². The van der Waals surface area contributed by atoms with Crippen molar-refractivity contribution in [3.05, 3.63) is 48.0 Å². The van der Waals surface area contributed by atoms with Crippen LogP contribution in [0.2, 0.25) is 0 Å². The highest BCUT2D eigenvalue weighted by Gasteiger charge is 2.32. The van der Waals surface area contributed by atoms with Crippen molar-refractivity contribution in [2.45, 2.75) is 90.4 Å². The molecule has 1 aromatic carbocycles. The number of unbranched alkanes of at least 4 members (excludes halogenated alkanes) is 1. The fraction of sp³-hybridized carbons (Fsp3) is 0.645. The average molecular weight is 497 g/mol. The van der Waals surface area contributed by atoms with Gasteiger partial charge in [-0.2, -0.15) is 0 Å². The molecule has 0 N–H and O–H groups in total. The Bertz CT molecular complexity index is 842. The highest BCUT2D eigenvalue weighted by Crippen LogP contribution is 2.42. The summed E-state index contributed by atoms with van der Waals surface area (Å²) < 4.78 is 10.2. The van der Waals surface area contributed by atoms with Crippen molar-refractivity contribution >= 4 is 17.7 Å². The molecule has 0 spiro atoms. The summed E-state index contributed by atoms with van der Waals surface area (Å²) >= 11 is 0. The van der Waals surface area contributed by atoms with Crippen molar-refractivity contribution in [2.75, 3.05) is 13.2 Å². The van der Waals surface area contributed by atoms with Crippen molar-refractivity contribution < 1.29 is 23.9 Å². The van der Waals surface area contributed by atoms with Crippen LogP contribution in [-0.2, 0) is 25.5 Å². The molecule has 0 saturated heterocycles. The van der Waals surface area contributed by atoms with Crippen LogP contribution in [-0.4, -0.2) is 30.9 Å². The lowest BCUT2D eigenvalue weighted by Crippen LogP contribution is -2.29. The molecule has 198 valence electrons. The Hall–Kier alpha value is -2.43. The zero-order valence-electron chi connectivity index (χ0n) is 22.1. The Morgan fingerprint density at radius 3 is 2.03 bits per heavy atom. The number of hydrogen-bond acceptors (Lipinski definition) is 5. The van der Waals surface area contributed by atoms with Gasteiger partial charge in [-0.25, -0.2) is 9.59 Å². The lowest BCUT2D eigenvalue weighted by molar-refractivity contribution is -0.137. The summed E-state index contributed by atoms with van der Waals surface area (Å²) in [6.45, 7) is 6.19. The van der Waals surface area contributed by atoms with Gasteiger partial charge < -0.3 is 9.47 Å². The van der Waals surface area contributed by atoms with E-state index in [1.54, 1.807) is 12.1 Å². The molecule has 0 atom stereocenters. The van der Waals surface area contributed by atoms with E-state index in [2.05, 4.69) is 13.5 Å². The van der Waals surface area contributed by atoms with E-state index in [0.717, 1.165) is 42.2 Å². The molecule has 0 radical (unpaired) electrons. The first-order valence-corrected chi connectivity index (χ1v) is 14.1. The van der Waals surface area contributed by atoms with Gasteiger partial charge in [0, 0.05) is 18.4 Å². The Morgan fingerprint density at radius 2 is 1.44 bits per heavy atom. The summed E-state index contributed by atoms with van der Waals surface area (Å²) in [6.07, 6.45) is 15.6. The van der Waals surface area contributed by atoms with Crippen LogP contribution < -0.4 is 0 Å². The first-order valence-electron chi connectivity index (χ1n) is 14.1. The van der Waals surface area contributed by atoms with Crippen LogP contribution in [0.4, 0.5) is 0 Å². The Morgan fingerprint density at radius 1 is 0.861 bits per heavy atom. The van der Waals surface area contributed by atoms with Crippen molar-refractivity contribution in [2.24, 2.45) is 23.7 Å². The fourth-order valence-electron chi connectivity index (χ4n) is 6.06. The molecule has 0 bridgehead atoms. The summed E-state index contributed by atoms with van der Waals surface area (Å²) in [4.78, 5) is 36.2. The molecule has 1 aromatic rings. The largest absolute Gasteiger partial charge is 0.463 e. The number of carbonyl (C=O) groups excluding carboxylic acids is 3. The van der Waals surface area contributed by atoms with Gasteiger partial charge in [0.1, 0.15) is 5.78 Å². The van der Waals surface area contributed by atoms with Gasteiger partial charge >= 0.3 is 11.9 Å². The minimum absolute atomic E-state index is 0.188. The molecule has 0 unspecified atom stereocenters. The molecule has 0 aliphatic heterocycles. The summed E-state index contributed by atoms with van der Waals surface area (Å²) in [5.41, 5.74) is 1.44. The number of ketones is 1. The van der Waals surface area contributed by atoms with Crippen LogP contribution in [0.25, 0.3) is 0 Å². The van der Waals surface area contributed by atoms with Crippen molar-refractivity contribution in [3.63, 3.8) is 0 Å². The second-order valence-corrected chi connectivity index (χ2v) is 10.7. The van der Waals surface area contributed by atoms with Crippen molar-refractivity contribution in [3.8, 4) is 0 Å². The lowest BCUT2D eigenvalue weighted by Gasteiger charge is -2.37. The third-order valence-corrected chi connectivity index (χ3v) is 8.23. The highest BCUT2D eigenvalue weighted by molar-refractivity contribution is 5.89. The standard InChI is InChI=1S/C31H44O5/c1-3-7-23-8-12-25(13-9-23)26-16-18-27(19-17-26)29(32)22-24-10-14-28(15-11-24)31(34)36-21-6-5-20-35-30(33)4-2/h4,10-11,14-15,23,25-27H,2-3,5-9,12-13,16-22H2,1H3. The van der Waals surface area contributed by atoms with E-state index < -0.39 is 5.97 Å². The molecule has 5 nitrogen and oxygen atoms in total. The topological polar surface area (TPSA) is 69.7 Å². The second-order valence-electron chi connectivity index (χ2n) is 10.7. The molecule has 2 aliphatic carbocycles. The van der Waals surface area contributed by atoms with Gasteiger partial charge in [-0.1, -0.05) is 51.3 Å². The lowest BCUT2D eigenvalue weighted by atomic mass is 9.68. The number of hydrogen-bond donors (Lipinski definition) is 0. The molecule has 3 rings (SSSR count). The Kier molecular flexibility index (Phi) is 11.7. The van der Waals surface area contributed by atoms with Gasteiger partial charge in [0.05, 0.1) is 18.8 Å². The molecule has 5 heteroatoms. The normalized spacial score (nSPS) is 24.0. The minimum Gasteiger partial charge on any atom is -0.463 e. The van der Waals surface area contributed by atoms with Crippen molar-refractivity contribution in [1.82, 2.24) is 0 Å². The quantitative estimate of drug-likeness (QED) is 0.169. The van der Waals surface area contributed by atoms with Crippen LogP contribution in [0.5, 0.6) is 0 Å². The fourth-order valence-corrected chi connectivity index (χ4v) is 6.06. The molecular weight excluding hydrogens is 452 g/mol.